The summed E-state index contributed by atoms with van der Waals surface area (Å²) in [5.74, 6) is 0.674. The van der Waals surface area contributed by atoms with Crippen molar-refractivity contribution in [1.29, 1.82) is 0 Å². The van der Waals surface area contributed by atoms with Crippen LogP contribution in [0.5, 0.6) is 0 Å². The Balaban J connectivity index is 0.000000187. The summed E-state index contributed by atoms with van der Waals surface area (Å²) < 4.78 is 38.7. The molecule has 4 aromatic rings. The topological polar surface area (TPSA) is 297 Å². The minimum absolute atomic E-state index is 0. The molecule has 4 fully saturated rings. The number of morpholine rings is 2. The van der Waals surface area contributed by atoms with Crippen molar-refractivity contribution in [3.05, 3.63) is 85.7 Å². The van der Waals surface area contributed by atoms with Gasteiger partial charge in [0.2, 0.25) is 21.8 Å². The first-order valence-corrected chi connectivity index (χ1v) is 42.9. The number of ether oxygens (including phenoxy) is 7. The lowest BCUT2D eigenvalue weighted by atomic mass is 9.92. The zero-order valence-electron chi connectivity index (χ0n) is 61.4. The molecular weight excluding hydrogens is 1420 g/mol. The number of nitrogens with one attached hydrogen (secondary N) is 2. The Labute approximate surface area is 617 Å². The molecule has 0 aromatic carbocycles. The van der Waals surface area contributed by atoms with Crippen molar-refractivity contribution in [1.82, 2.24) is 75.0 Å². The predicted octanol–water partition coefficient (Wildman–Crippen LogP) is 10.3. The fraction of sp³-hybridized carbons (Fsp3) is 0.687. The van der Waals surface area contributed by atoms with E-state index in [0.717, 1.165) is 90.8 Å². The first-order valence-electron chi connectivity index (χ1n) is 34.4. The number of amides is 5. The third-order valence-corrected chi connectivity index (χ3v) is 20.7. The second-order valence-electron chi connectivity index (χ2n) is 31.6. The first kappa shape index (κ1) is 82.2. The number of rotatable bonds is 7. The van der Waals surface area contributed by atoms with Gasteiger partial charge in [-0.1, -0.05) is 39.3 Å². The number of carbonyl (C=O) groups excluding carboxylic acids is 5. The highest BCUT2D eigenvalue weighted by Crippen LogP contribution is 2.33. The van der Waals surface area contributed by atoms with Crippen LogP contribution in [0.25, 0.3) is 0 Å². The van der Waals surface area contributed by atoms with E-state index in [1.165, 1.54) is 5.56 Å². The maximum Gasteiger partial charge on any atom is 0.410 e. The largest absolute Gasteiger partial charge is 0.450 e. The van der Waals surface area contributed by atoms with E-state index in [1.54, 1.807) is 43.1 Å². The molecule has 12 heterocycles. The molecule has 0 atom stereocenters. The Morgan fingerprint density at radius 1 is 0.475 bits per heavy atom. The Bertz CT molecular complexity index is 3480. The van der Waals surface area contributed by atoms with E-state index in [-0.39, 0.29) is 59.0 Å². The molecule has 0 bridgehead atoms. The normalized spacial score (nSPS) is 18.1. The van der Waals surface area contributed by atoms with Crippen LogP contribution < -0.4 is 15.5 Å². The molecule has 4 aromatic heterocycles. The Kier molecular flexibility index (Phi) is 28.6. The van der Waals surface area contributed by atoms with Crippen molar-refractivity contribution >= 4 is 99.8 Å². The molecular formula is C67H104Cl4N16O12Si2. The van der Waals surface area contributed by atoms with Gasteiger partial charge >= 0.3 is 30.5 Å². The fourth-order valence-corrected chi connectivity index (χ4v) is 13.3. The quantitative estimate of drug-likeness (QED) is 0.0987. The van der Waals surface area contributed by atoms with Gasteiger partial charge in [0.05, 0.1) is 102 Å². The maximum absolute atomic E-state index is 12.5. The monoisotopic (exact) mass is 1520 g/mol. The Morgan fingerprint density at radius 2 is 0.861 bits per heavy atom. The molecule has 8 aliphatic heterocycles. The molecule has 8 aliphatic rings. The number of hydrogen-bond acceptors (Lipinski definition) is 23. The van der Waals surface area contributed by atoms with E-state index in [9.17, 15) is 24.0 Å². The van der Waals surface area contributed by atoms with Crippen LogP contribution in [-0.2, 0) is 85.0 Å². The van der Waals surface area contributed by atoms with E-state index in [1.807, 2.05) is 68.5 Å². The lowest BCUT2D eigenvalue weighted by Gasteiger charge is -2.53. The number of fused-ring (bicyclic) bond motifs is 4. The number of likely N-dealkylation sites (tertiary alicyclic amines) is 2. The molecule has 101 heavy (non-hydrogen) atoms. The Hall–Kier alpha value is -6.10. The highest BCUT2D eigenvalue weighted by molar-refractivity contribution is 6.76. The molecule has 34 heteroatoms. The average molecular weight is 1520 g/mol. The van der Waals surface area contributed by atoms with Crippen LogP contribution in [0.1, 0.15) is 107 Å². The maximum atomic E-state index is 12.5. The van der Waals surface area contributed by atoms with Gasteiger partial charge in [-0.3, -0.25) is 0 Å². The van der Waals surface area contributed by atoms with Crippen molar-refractivity contribution in [3.8, 4) is 0 Å². The molecule has 28 nitrogen and oxygen atoms in total. The molecule has 0 radical (unpaired) electrons. The van der Waals surface area contributed by atoms with Crippen molar-refractivity contribution in [2.45, 2.75) is 194 Å². The van der Waals surface area contributed by atoms with Crippen LogP contribution in [0.2, 0.25) is 67.2 Å². The van der Waals surface area contributed by atoms with Crippen LogP contribution in [0.15, 0.2) is 24.8 Å². The summed E-state index contributed by atoms with van der Waals surface area (Å²) >= 11 is 17.1. The minimum atomic E-state index is -1.24. The first-order chi connectivity index (χ1) is 46.8. The second kappa shape index (κ2) is 35.1. The third kappa shape index (κ3) is 25.9. The van der Waals surface area contributed by atoms with Crippen LogP contribution in [-0.4, -0.2) is 244 Å². The summed E-state index contributed by atoms with van der Waals surface area (Å²) in [4.78, 5) is 105. The number of aromatic nitrogens is 8. The number of hydrogen-bond donors (Lipinski definition) is 2. The van der Waals surface area contributed by atoms with Crippen LogP contribution in [0.3, 0.4) is 0 Å². The van der Waals surface area contributed by atoms with Gasteiger partial charge in [0.1, 0.15) is 28.0 Å². The molecule has 12 rings (SSSR count). The van der Waals surface area contributed by atoms with Crippen molar-refractivity contribution in [2.24, 2.45) is 0 Å². The summed E-state index contributed by atoms with van der Waals surface area (Å²) in [5, 5.41) is 7.38. The molecule has 560 valence electrons. The SMILES string of the molecule is CC(C)(C)OC(=O)N1CC2(C1)CN(c1ncc3c(n1)CCN(C(=O)OCC[Si](C)(C)C)C3)CCO2.CC(C)(C)OC(=O)N1CC2(CNCCO2)C1.CC(C)(C)OC(=O)N1CCc2nc(Cl)ncc2C1.C[Si](C)(C)CCOC(=O)N1CCc2nc(Cl)ncc2C1.Cl.Clc1ncc2c(n1)CCNC2. The van der Waals surface area contributed by atoms with Gasteiger partial charge < -0.3 is 73.2 Å². The standard InChI is InChI=1S/C24H39N5O5Si.C13H20ClN3O2Si.C12H16ClN3O2.C11H20N2O3.C7H8ClN3.ClH/c1-23(2,3)34-22(31)29-16-24(17-29)15-28(9-10-33-24)20-25-13-18-14-27(8-7-19(18)26-20)21(30)32-11-12-35(4,5)6;1-20(2,3)7-6-19-13(18)17-5-4-11-10(9-17)8-15-12(14)16-11;1-12(2,3)18-11(17)16-5-4-9-8(7-16)6-14-10(13)15-9;1-10(2,3)16-9(14)13-7-11(8-13)6-12-4-5-15-11;8-7-10-4-5-3-9-2-1-6(5)11-7;/h13H,7-12,14-17H2,1-6H3;8H,4-7,9H2,1-3H3;6H,4-5,7H2,1-3H3;12H,4-8H2,1-3H3;4,9H,1-3H2;1H. The fourth-order valence-electron chi connectivity index (χ4n) is 11.4. The molecule has 0 aliphatic carbocycles. The lowest BCUT2D eigenvalue weighted by molar-refractivity contribution is -0.150. The predicted molar refractivity (Wildman–Crippen MR) is 391 cm³/mol. The number of anilines is 1. The molecule has 0 unspecified atom stereocenters. The van der Waals surface area contributed by atoms with Gasteiger partial charge in [0, 0.05) is 141 Å². The van der Waals surface area contributed by atoms with Gasteiger partial charge in [0.25, 0.3) is 0 Å². The van der Waals surface area contributed by atoms with Crippen LogP contribution in [0, 0.1) is 0 Å². The van der Waals surface area contributed by atoms with Gasteiger partial charge in [-0.25, -0.2) is 63.8 Å². The zero-order valence-corrected chi connectivity index (χ0v) is 66.5. The third-order valence-electron chi connectivity index (χ3n) is 16.7. The Morgan fingerprint density at radius 3 is 1.29 bits per heavy atom. The van der Waals surface area contributed by atoms with E-state index < -0.39 is 38.6 Å². The van der Waals surface area contributed by atoms with Crippen molar-refractivity contribution in [2.75, 3.05) is 110 Å². The van der Waals surface area contributed by atoms with Gasteiger partial charge in [-0.15, -0.1) is 12.4 Å². The van der Waals surface area contributed by atoms with Gasteiger partial charge in [0.15, 0.2) is 0 Å². The molecule has 0 saturated carbocycles. The van der Waals surface area contributed by atoms with Gasteiger partial charge in [-0.05, 0) is 109 Å². The molecule has 2 N–H and O–H groups in total. The summed E-state index contributed by atoms with van der Waals surface area (Å²) in [6.07, 6.45) is 8.62. The van der Waals surface area contributed by atoms with Crippen molar-refractivity contribution < 1.29 is 57.1 Å². The summed E-state index contributed by atoms with van der Waals surface area (Å²) in [7, 11) is -2.41. The van der Waals surface area contributed by atoms with Gasteiger partial charge in [-0.2, -0.15) is 0 Å². The lowest BCUT2D eigenvalue weighted by Crippen LogP contribution is -2.71. The highest BCUT2D eigenvalue weighted by atomic mass is 35.5. The van der Waals surface area contributed by atoms with Crippen molar-refractivity contribution in [3.63, 3.8) is 0 Å². The summed E-state index contributed by atoms with van der Waals surface area (Å²) in [6.45, 7) is 43.0. The molecule has 2 spiro atoms. The molecule has 4 saturated heterocycles. The number of halogens is 4. The highest BCUT2D eigenvalue weighted by Gasteiger charge is 2.51. The summed E-state index contributed by atoms with van der Waals surface area (Å²) in [5.41, 5.74) is 5.92. The molecule has 5 amide bonds. The minimum Gasteiger partial charge on any atom is -0.450 e. The number of carbonyl (C=O) groups is 5. The number of nitrogens with zero attached hydrogens (tertiary/aromatic N) is 14. The van der Waals surface area contributed by atoms with E-state index in [2.05, 4.69) is 89.7 Å². The average Bonchev–Trinajstić information content (AvgIpc) is 0.762. The van der Waals surface area contributed by atoms with E-state index >= 15 is 0 Å². The zero-order chi connectivity index (χ0) is 73.0. The smallest absolute Gasteiger partial charge is 0.410 e. The van der Waals surface area contributed by atoms with E-state index in [4.69, 9.17) is 72.9 Å². The van der Waals surface area contributed by atoms with Crippen LogP contribution in [0.4, 0.5) is 29.9 Å². The van der Waals surface area contributed by atoms with Crippen LogP contribution >= 0.6 is 47.2 Å². The van der Waals surface area contributed by atoms with E-state index in [0.29, 0.717) is 129 Å². The second-order valence-corrected chi connectivity index (χ2v) is 43.8. The summed E-state index contributed by atoms with van der Waals surface area (Å²) in [6, 6.07) is 1.95.